The fourth-order valence-electron chi connectivity index (χ4n) is 2.56. The van der Waals surface area contributed by atoms with E-state index in [2.05, 4.69) is 10.5 Å². The third-order valence-corrected chi connectivity index (χ3v) is 4.26. The number of hydrogen-bond donors (Lipinski definition) is 1. The molecule has 0 aliphatic rings. The minimum Gasteiger partial charge on any atom is -0.497 e. The van der Waals surface area contributed by atoms with Crippen molar-refractivity contribution >= 4 is 12.1 Å². The molecule has 30 heavy (non-hydrogen) atoms. The highest BCUT2D eigenvalue weighted by molar-refractivity contribution is 5.84. The van der Waals surface area contributed by atoms with E-state index in [4.69, 9.17) is 14.2 Å². The molecule has 0 heterocycles. The first-order valence-corrected chi connectivity index (χ1v) is 9.54. The van der Waals surface area contributed by atoms with E-state index in [9.17, 15) is 4.79 Å². The van der Waals surface area contributed by atoms with E-state index < -0.39 is 6.10 Å². The summed E-state index contributed by atoms with van der Waals surface area (Å²) >= 11 is 0. The van der Waals surface area contributed by atoms with E-state index in [1.165, 1.54) is 0 Å². The molecule has 1 amide bonds. The molecule has 154 valence electrons. The van der Waals surface area contributed by atoms with Gasteiger partial charge in [-0.2, -0.15) is 5.10 Å². The van der Waals surface area contributed by atoms with Crippen molar-refractivity contribution in [3.05, 3.63) is 90.0 Å². The van der Waals surface area contributed by atoms with Gasteiger partial charge in [-0.15, -0.1) is 0 Å². The number of hydrazone groups is 1. The molecule has 0 fully saturated rings. The zero-order valence-corrected chi connectivity index (χ0v) is 16.9. The fraction of sp³-hybridized carbons (Fsp3) is 0.167. The molecule has 3 rings (SSSR count). The molecule has 0 bridgehead atoms. The highest BCUT2D eigenvalue weighted by Gasteiger charge is 2.13. The van der Waals surface area contributed by atoms with E-state index in [1.54, 1.807) is 32.4 Å². The van der Waals surface area contributed by atoms with Crippen molar-refractivity contribution < 1.29 is 19.0 Å². The van der Waals surface area contributed by atoms with Crippen molar-refractivity contribution in [1.82, 2.24) is 5.43 Å². The van der Waals surface area contributed by atoms with Gasteiger partial charge >= 0.3 is 0 Å². The molecule has 3 aromatic rings. The third kappa shape index (κ3) is 6.38. The number of methoxy groups -OCH3 is 1. The highest BCUT2D eigenvalue weighted by atomic mass is 16.5. The van der Waals surface area contributed by atoms with Gasteiger partial charge in [0.2, 0.25) is 0 Å². The van der Waals surface area contributed by atoms with E-state index in [1.807, 2.05) is 66.7 Å². The first-order valence-electron chi connectivity index (χ1n) is 9.54. The number of ether oxygens (including phenoxy) is 3. The van der Waals surface area contributed by atoms with Gasteiger partial charge in [-0.3, -0.25) is 4.79 Å². The zero-order valence-electron chi connectivity index (χ0n) is 16.9. The summed E-state index contributed by atoms with van der Waals surface area (Å²) in [6.45, 7) is 2.16. The van der Waals surface area contributed by atoms with Gasteiger partial charge in [-0.25, -0.2) is 5.43 Å². The Hall–Kier alpha value is -3.80. The summed E-state index contributed by atoms with van der Waals surface area (Å²) < 4.78 is 16.5. The number of carbonyl (C=O) groups excluding carboxylic acids is 1. The van der Waals surface area contributed by atoms with Crippen molar-refractivity contribution in [3.63, 3.8) is 0 Å². The Labute approximate surface area is 176 Å². The SMILES string of the molecule is COc1ccc(/C=N/NC(=O)[C@H](C)Oc2ccc(OCc3ccccc3)cc2)cc1. The molecule has 1 N–H and O–H groups in total. The van der Waals surface area contributed by atoms with Crippen LogP contribution in [0.2, 0.25) is 0 Å². The number of amides is 1. The van der Waals surface area contributed by atoms with Crippen molar-refractivity contribution in [2.24, 2.45) is 5.10 Å². The van der Waals surface area contributed by atoms with Gasteiger partial charge in [-0.05, 0) is 66.6 Å². The number of benzene rings is 3. The van der Waals surface area contributed by atoms with Crippen LogP contribution in [-0.2, 0) is 11.4 Å². The Kier molecular flexibility index (Phi) is 7.44. The second-order valence-corrected chi connectivity index (χ2v) is 6.51. The van der Waals surface area contributed by atoms with Gasteiger partial charge in [0.15, 0.2) is 6.10 Å². The predicted molar refractivity (Wildman–Crippen MR) is 116 cm³/mol. The zero-order chi connectivity index (χ0) is 21.2. The summed E-state index contributed by atoms with van der Waals surface area (Å²) in [5.41, 5.74) is 4.42. The Bertz CT molecular complexity index is 955. The highest BCUT2D eigenvalue weighted by Crippen LogP contribution is 2.19. The van der Waals surface area contributed by atoms with Crippen molar-refractivity contribution in [2.75, 3.05) is 7.11 Å². The molecule has 0 radical (unpaired) electrons. The van der Waals surface area contributed by atoms with Crippen LogP contribution in [0.1, 0.15) is 18.1 Å². The molecule has 0 aliphatic carbocycles. The first kappa shape index (κ1) is 20.9. The lowest BCUT2D eigenvalue weighted by molar-refractivity contribution is -0.127. The molecule has 3 aromatic carbocycles. The molecule has 0 saturated heterocycles. The largest absolute Gasteiger partial charge is 0.497 e. The lowest BCUT2D eigenvalue weighted by Gasteiger charge is -2.13. The molecule has 6 heteroatoms. The number of rotatable bonds is 9. The van der Waals surface area contributed by atoms with Gasteiger partial charge in [0.25, 0.3) is 5.91 Å². The van der Waals surface area contributed by atoms with E-state index in [-0.39, 0.29) is 5.91 Å². The van der Waals surface area contributed by atoms with Crippen LogP contribution in [0.15, 0.2) is 84.0 Å². The number of carbonyl (C=O) groups is 1. The van der Waals surface area contributed by atoms with Crippen molar-refractivity contribution in [2.45, 2.75) is 19.6 Å². The maximum atomic E-state index is 12.2. The summed E-state index contributed by atoms with van der Waals surface area (Å²) in [4.78, 5) is 12.2. The van der Waals surface area contributed by atoms with Gasteiger partial charge in [-0.1, -0.05) is 30.3 Å². The molecule has 0 spiro atoms. The standard InChI is InChI=1S/C24H24N2O4/c1-18(24(27)26-25-16-19-8-10-21(28-2)11-9-19)30-23-14-12-22(13-15-23)29-17-20-6-4-3-5-7-20/h3-16,18H,17H2,1-2H3,(H,26,27)/b25-16+/t18-/m0/s1. The summed E-state index contributed by atoms with van der Waals surface area (Å²) in [5, 5.41) is 3.96. The van der Waals surface area contributed by atoms with Crippen LogP contribution in [0.3, 0.4) is 0 Å². The molecule has 0 aromatic heterocycles. The van der Waals surface area contributed by atoms with Gasteiger partial charge in [0, 0.05) is 0 Å². The minimum absolute atomic E-state index is 0.343. The van der Waals surface area contributed by atoms with E-state index in [0.29, 0.717) is 12.4 Å². The van der Waals surface area contributed by atoms with Crippen LogP contribution < -0.4 is 19.6 Å². The maximum absolute atomic E-state index is 12.2. The average Bonchev–Trinajstić information content (AvgIpc) is 2.79. The molecule has 0 aliphatic heterocycles. The monoisotopic (exact) mass is 404 g/mol. The Balaban J connectivity index is 1.45. The Morgan fingerprint density at radius 3 is 2.23 bits per heavy atom. The molecule has 0 unspecified atom stereocenters. The van der Waals surface area contributed by atoms with Gasteiger partial charge < -0.3 is 14.2 Å². The predicted octanol–water partition coefficient (Wildman–Crippen LogP) is 4.19. The van der Waals surface area contributed by atoms with Gasteiger partial charge in [0.1, 0.15) is 23.9 Å². The van der Waals surface area contributed by atoms with Gasteiger partial charge in [0.05, 0.1) is 13.3 Å². The quantitative estimate of drug-likeness (QED) is 0.429. The summed E-state index contributed by atoms with van der Waals surface area (Å²) in [7, 11) is 1.61. The van der Waals surface area contributed by atoms with Crippen molar-refractivity contribution in [3.8, 4) is 17.2 Å². The second-order valence-electron chi connectivity index (χ2n) is 6.51. The smallest absolute Gasteiger partial charge is 0.280 e. The normalized spacial score (nSPS) is 11.7. The first-order chi connectivity index (χ1) is 14.6. The van der Waals surface area contributed by atoms with Crippen molar-refractivity contribution in [1.29, 1.82) is 0 Å². The van der Waals surface area contributed by atoms with Crippen LogP contribution in [0.25, 0.3) is 0 Å². The molecule has 6 nitrogen and oxygen atoms in total. The summed E-state index contributed by atoms with van der Waals surface area (Å²) in [5.74, 6) is 1.72. The molecular weight excluding hydrogens is 380 g/mol. The van der Waals surface area contributed by atoms with E-state index in [0.717, 1.165) is 22.6 Å². The van der Waals surface area contributed by atoms with Crippen LogP contribution in [-0.4, -0.2) is 25.3 Å². The Morgan fingerprint density at radius 1 is 0.933 bits per heavy atom. The van der Waals surface area contributed by atoms with Crippen LogP contribution in [0, 0.1) is 0 Å². The maximum Gasteiger partial charge on any atom is 0.280 e. The van der Waals surface area contributed by atoms with E-state index >= 15 is 0 Å². The lowest BCUT2D eigenvalue weighted by Crippen LogP contribution is -2.33. The molecular formula is C24H24N2O4. The van der Waals surface area contributed by atoms with Crippen LogP contribution >= 0.6 is 0 Å². The average molecular weight is 404 g/mol. The third-order valence-electron chi connectivity index (χ3n) is 4.26. The number of nitrogens with one attached hydrogen (secondary N) is 1. The van der Waals surface area contributed by atoms with Crippen LogP contribution in [0.5, 0.6) is 17.2 Å². The number of nitrogens with zero attached hydrogens (tertiary/aromatic N) is 1. The fourth-order valence-corrected chi connectivity index (χ4v) is 2.56. The lowest BCUT2D eigenvalue weighted by atomic mass is 10.2. The topological polar surface area (TPSA) is 69.2 Å². The second kappa shape index (κ2) is 10.7. The molecule has 0 saturated carbocycles. The Morgan fingerprint density at radius 2 is 1.57 bits per heavy atom. The molecule has 1 atom stereocenters. The summed E-state index contributed by atoms with van der Waals surface area (Å²) in [6.07, 6.45) is 0.859. The van der Waals surface area contributed by atoms with Crippen LogP contribution in [0.4, 0.5) is 0 Å². The minimum atomic E-state index is -0.700. The number of hydrogen-bond acceptors (Lipinski definition) is 5. The summed E-state index contributed by atoms with van der Waals surface area (Å²) in [6, 6.07) is 24.4.